The summed E-state index contributed by atoms with van der Waals surface area (Å²) in [5.74, 6) is 1.94. The van der Waals surface area contributed by atoms with E-state index in [1.807, 2.05) is 18.2 Å². The number of hydrogen-bond acceptors (Lipinski definition) is 4. The molecule has 4 heteroatoms. The smallest absolute Gasteiger partial charge is 0.165 e. The zero-order chi connectivity index (χ0) is 40.3. The predicted molar refractivity (Wildman–Crippen MR) is 258 cm³/mol. The fourth-order valence-electron chi connectivity index (χ4n) is 9.18. The van der Waals surface area contributed by atoms with E-state index in [9.17, 15) is 0 Å². The summed E-state index contributed by atoms with van der Waals surface area (Å²) < 4.78 is 2.41. The molecule has 10 aromatic carbocycles. The highest BCUT2D eigenvalue weighted by Crippen LogP contribution is 2.48. The van der Waals surface area contributed by atoms with E-state index in [0.717, 1.165) is 38.6 Å². The molecule has 0 bridgehead atoms. The van der Waals surface area contributed by atoms with Crippen LogP contribution in [0, 0.1) is 0 Å². The van der Waals surface area contributed by atoms with Crippen LogP contribution in [-0.2, 0) is 0 Å². The van der Waals surface area contributed by atoms with Crippen molar-refractivity contribution in [2.75, 3.05) is 0 Å². The molecule has 12 aromatic rings. The van der Waals surface area contributed by atoms with Crippen molar-refractivity contribution in [2.24, 2.45) is 0 Å². The first kappa shape index (κ1) is 35.2. The molecule has 0 saturated carbocycles. The molecule has 0 atom stereocenters. The van der Waals surface area contributed by atoms with Gasteiger partial charge in [-0.25, -0.2) is 15.0 Å². The minimum atomic E-state index is 0.640. The van der Waals surface area contributed by atoms with Gasteiger partial charge in [0.2, 0.25) is 0 Å². The Morgan fingerprint density at radius 1 is 0.279 bits per heavy atom. The fourth-order valence-corrected chi connectivity index (χ4v) is 10.4. The molecule has 284 valence electrons. The predicted octanol–water partition coefficient (Wildman–Crippen LogP) is 15.7. The van der Waals surface area contributed by atoms with E-state index >= 15 is 0 Å². The summed E-state index contributed by atoms with van der Waals surface area (Å²) in [6.45, 7) is 0. The van der Waals surface area contributed by atoms with Crippen molar-refractivity contribution in [1.29, 1.82) is 0 Å². The van der Waals surface area contributed by atoms with Gasteiger partial charge in [0, 0.05) is 36.9 Å². The van der Waals surface area contributed by atoms with Crippen LogP contribution < -0.4 is 0 Å². The van der Waals surface area contributed by atoms with Crippen LogP contribution in [0.5, 0.6) is 0 Å². The van der Waals surface area contributed by atoms with E-state index in [-0.39, 0.29) is 0 Å². The maximum absolute atomic E-state index is 5.50. The van der Waals surface area contributed by atoms with Crippen LogP contribution in [0.15, 0.2) is 212 Å². The molecule has 0 amide bonds. The Morgan fingerprint density at radius 2 is 0.803 bits per heavy atom. The van der Waals surface area contributed by atoms with Crippen LogP contribution in [0.1, 0.15) is 0 Å². The molecule has 0 spiro atoms. The Morgan fingerprint density at radius 3 is 1.54 bits per heavy atom. The third kappa shape index (κ3) is 5.91. The summed E-state index contributed by atoms with van der Waals surface area (Å²) in [5.41, 5.74) is 9.96. The molecule has 0 saturated heterocycles. The minimum absolute atomic E-state index is 0.640. The van der Waals surface area contributed by atoms with Crippen molar-refractivity contribution in [3.63, 3.8) is 0 Å². The number of fused-ring (bicyclic) bond motifs is 6. The second-order valence-electron chi connectivity index (χ2n) is 15.4. The van der Waals surface area contributed by atoms with Crippen LogP contribution in [0.4, 0.5) is 0 Å². The lowest BCUT2D eigenvalue weighted by molar-refractivity contribution is 1.08. The van der Waals surface area contributed by atoms with Gasteiger partial charge in [-0.2, -0.15) is 0 Å². The fraction of sp³-hybridized carbons (Fsp3) is 0. The average Bonchev–Trinajstić information content (AvgIpc) is 3.72. The van der Waals surface area contributed by atoms with E-state index in [0.29, 0.717) is 17.5 Å². The van der Waals surface area contributed by atoms with Gasteiger partial charge in [0.05, 0.1) is 0 Å². The lowest BCUT2D eigenvalue weighted by atomic mass is 9.83. The Hall–Kier alpha value is -7.79. The molecule has 2 heterocycles. The van der Waals surface area contributed by atoms with Gasteiger partial charge in [0.1, 0.15) is 0 Å². The van der Waals surface area contributed by atoms with Gasteiger partial charge in [-0.3, -0.25) is 0 Å². The van der Waals surface area contributed by atoms with Gasteiger partial charge < -0.3 is 0 Å². The van der Waals surface area contributed by atoms with Crippen molar-refractivity contribution in [3.05, 3.63) is 212 Å². The molecule has 0 N–H and O–H groups in total. The summed E-state index contributed by atoms with van der Waals surface area (Å²) in [5, 5.41) is 9.39. The van der Waals surface area contributed by atoms with Crippen LogP contribution in [0.3, 0.4) is 0 Å². The third-order valence-electron chi connectivity index (χ3n) is 11.9. The van der Waals surface area contributed by atoms with Crippen molar-refractivity contribution in [3.8, 4) is 67.5 Å². The van der Waals surface area contributed by atoms with E-state index in [1.165, 1.54) is 64.0 Å². The average molecular weight is 794 g/mol. The van der Waals surface area contributed by atoms with Gasteiger partial charge in [0.25, 0.3) is 0 Å². The number of rotatable bonds is 6. The lowest BCUT2D eigenvalue weighted by Gasteiger charge is -2.21. The SMILES string of the molecule is c1ccc(-c2cccc(-c3c4ccccc4c(-c4ccc5ccccc5c4-c4nc(-c5ccccc5)nc(-c5cccc6c5sc5ccccc56)n4)c4ccccc34)c2)cc1. The first-order valence-electron chi connectivity index (χ1n) is 20.6. The molecule has 2 aromatic heterocycles. The molecule has 0 fully saturated rings. The van der Waals surface area contributed by atoms with Crippen LogP contribution in [0.2, 0.25) is 0 Å². The van der Waals surface area contributed by atoms with Gasteiger partial charge in [-0.05, 0) is 83.9 Å². The molecule has 0 aliphatic carbocycles. The molecule has 61 heavy (non-hydrogen) atoms. The summed E-state index contributed by atoms with van der Waals surface area (Å²) in [6.07, 6.45) is 0. The van der Waals surface area contributed by atoms with Gasteiger partial charge in [0.15, 0.2) is 17.5 Å². The lowest BCUT2D eigenvalue weighted by Crippen LogP contribution is -2.02. The monoisotopic (exact) mass is 793 g/mol. The molecular weight excluding hydrogens is 759 g/mol. The molecule has 0 aliphatic heterocycles. The molecule has 12 rings (SSSR count). The number of aromatic nitrogens is 3. The normalized spacial score (nSPS) is 11.6. The van der Waals surface area contributed by atoms with Gasteiger partial charge in [-0.1, -0.05) is 194 Å². The van der Waals surface area contributed by atoms with E-state index in [2.05, 4.69) is 194 Å². The molecule has 0 radical (unpaired) electrons. The van der Waals surface area contributed by atoms with Crippen molar-refractivity contribution < 1.29 is 0 Å². The topological polar surface area (TPSA) is 38.7 Å². The first-order valence-corrected chi connectivity index (χ1v) is 21.4. The highest BCUT2D eigenvalue weighted by atomic mass is 32.1. The summed E-state index contributed by atoms with van der Waals surface area (Å²) in [4.78, 5) is 16.2. The van der Waals surface area contributed by atoms with E-state index < -0.39 is 0 Å². The van der Waals surface area contributed by atoms with Crippen LogP contribution >= 0.6 is 11.3 Å². The Balaban J connectivity index is 1.16. The summed E-state index contributed by atoms with van der Waals surface area (Å²) in [6, 6.07) is 75.8. The minimum Gasteiger partial charge on any atom is -0.208 e. The van der Waals surface area contributed by atoms with Crippen LogP contribution in [0.25, 0.3) is 120 Å². The number of thiophene rings is 1. The number of nitrogens with zero attached hydrogens (tertiary/aromatic N) is 3. The standard InChI is InChI=1S/C57H35N3S/c1-3-17-36(18-4-1)39-22-15-23-40(35-39)51-43-26-9-11-28-45(43)52(46-29-12-10-27-44(46)51)48-34-33-37-19-7-8-24-41(37)53(48)57-59-55(38-20-5-2-6-21-38)58-56(60-57)49-31-16-30-47-42-25-13-14-32-50(42)61-54(47)49/h1-35H. The van der Waals surface area contributed by atoms with E-state index in [1.54, 1.807) is 11.3 Å². The second-order valence-corrected chi connectivity index (χ2v) is 16.5. The molecule has 3 nitrogen and oxygen atoms in total. The largest absolute Gasteiger partial charge is 0.208 e. The van der Waals surface area contributed by atoms with Crippen molar-refractivity contribution in [1.82, 2.24) is 15.0 Å². The van der Waals surface area contributed by atoms with Crippen LogP contribution in [-0.4, -0.2) is 15.0 Å². The second kappa shape index (κ2) is 14.5. The number of hydrogen-bond donors (Lipinski definition) is 0. The maximum atomic E-state index is 5.50. The van der Waals surface area contributed by atoms with Crippen molar-refractivity contribution in [2.45, 2.75) is 0 Å². The first-order chi connectivity index (χ1) is 30.3. The quantitative estimate of drug-likeness (QED) is 0.157. The van der Waals surface area contributed by atoms with E-state index in [4.69, 9.17) is 15.0 Å². The van der Waals surface area contributed by atoms with Gasteiger partial charge in [-0.15, -0.1) is 11.3 Å². The maximum Gasteiger partial charge on any atom is 0.165 e. The highest BCUT2D eigenvalue weighted by Gasteiger charge is 2.24. The number of benzene rings is 10. The third-order valence-corrected chi connectivity index (χ3v) is 13.1. The Kier molecular flexibility index (Phi) is 8.36. The summed E-state index contributed by atoms with van der Waals surface area (Å²) >= 11 is 1.79. The Labute approximate surface area is 356 Å². The van der Waals surface area contributed by atoms with Crippen molar-refractivity contribution >= 4 is 63.8 Å². The summed E-state index contributed by atoms with van der Waals surface area (Å²) in [7, 11) is 0. The molecule has 0 aliphatic rings. The zero-order valence-electron chi connectivity index (χ0n) is 33.0. The Bertz CT molecular complexity index is 3590. The highest BCUT2D eigenvalue weighted by molar-refractivity contribution is 7.26. The molecule has 0 unspecified atom stereocenters. The van der Waals surface area contributed by atoms with Gasteiger partial charge >= 0.3 is 0 Å². The molecular formula is C57H35N3S. The zero-order valence-corrected chi connectivity index (χ0v) is 33.8.